The molecule has 3 aromatic heterocycles. The van der Waals surface area contributed by atoms with Crippen LogP contribution < -0.4 is 9.64 Å². The molecule has 0 radical (unpaired) electrons. The molecule has 232 valence electrons. The van der Waals surface area contributed by atoms with Crippen LogP contribution in [0.5, 0.6) is 6.01 Å². The van der Waals surface area contributed by atoms with Crippen LogP contribution in [0.25, 0.3) is 37.8 Å². The summed E-state index contributed by atoms with van der Waals surface area (Å²) < 4.78 is 35.4. The summed E-state index contributed by atoms with van der Waals surface area (Å²) in [4.78, 5) is 40.0. The van der Waals surface area contributed by atoms with Gasteiger partial charge in [-0.05, 0) is 38.6 Å². The molecule has 0 spiro atoms. The first-order chi connectivity index (χ1) is 21.9. The lowest BCUT2D eigenvalue weighted by Gasteiger charge is -2.39. The molecule has 4 aromatic rings. The molecule has 0 bridgehead atoms. The van der Waals surface area contributed by atoms with Crippen LogP contribution >= 0.6 is 11.6 Å². The Morgan fingerprint density at radius 2 is 2.07 bits per heavy atom. The molecular formula is C32H31ClF2N8O2. The Morgan fingerprint density at radius 3 is 2.84 bits per heavy atom. The largest absolute Gasteiger partial charge is 0.462 e. The van der Waals surface area contributed by atoms with Gasteiger partial charge in [0.2, 0.25) is 12.5 Å². The van der Waals surface area contributed by atoms with Crippen molar-refractivity contribution in [3.63, 3.8) is 0 Å². The minimum Gasteiger partial charge on any atom is -0.462 e. The van der Waals surface area contributed by atoms with Crippen molar-refractivity contribution < 1.29 is 18.3 Å². The highest BCUT2D eigenvalue weighted by atomic mass is 35.5. The number of pyridine rings is 2. The molecule has 1 amide bonds. The monoisotopic (exact) mass is 632 g/mol. The molecule has 2 saturated heterocycles. The van der Waals surface area contributed by atoms with E-state index in [0.29, 0.717) is 40.3 Å². The Balaban J connectivity index is 1.43. The van der Waals surface area contributed by atoms with Crippen LogP contribution in [0.2, 0.25) is 5.02 Å². The zero-order valence-electron chi connectivity index (χ0n) is 24.7. The van der Waals surface area contributed by atoms with Crippen LogP contribution in [0.4, 0.5) is 14.6 Å². The molecular weight excluding hydrogens is 602 g/mol. The first-order valence-corrected chi connectivity index (χ1v) is 15.1. The lowest BCUT2D eigenvalue weighted by molar-refractivity contribution is -0.128. The second-order valence-corrected chi connectivity index (χ2v) is 11.6. The molecule has 10 nitrogen and oxygen atoms in total. The Bertz CT molecular complexity index is 1810. The maximum absolute atomic E-state index is 16.6. The molecule has 5 heterocycles. The Kier molecular flexibility index (Phi) is 9.00. The van der Waals surface area contributed by atoms with Crippen molar-refractivity contribution in [1.29, 1.82) is 0 Å². The van der Waals surface area contributed by atoms with E-state index >= 15 is 4.39 Å². The normalized spacial score (nSPS) is 19.1. The number of benzene rings is 1. The number of nitrogens with zero attached hydrogens (tertiary/aromatic N) is 8. The lowest BCUT2D eigenvalue weighted by atomic mass is 10.0. The predicted octanol–water partition coefficient (Wildman–Crippen LogP) is 4.97. The summed E-state index contributed by atoms with van der Waals surface area (Å²) in [6.07, 6.45) is 9.09. The summed E-state index contributed by atoms with van der Waals surface area (Å²) in [5, 5.41) is 2.17. The maximum atomic E-state index is 16.6. The van der Waals surface area contributed by atoms with Crippen molar-refractivity contribution >= 4 is 45.0 Å². The van der Waals surface area contributed by atoms with Crippen molar-refractivity contribution in [3.8, 4) is 17.3 Å². The van der Waals surface area contributed by atoms with E-state index in [0.717, 1.165) is 30.8 Å². The van der Waals surface area contributed by atoms with Gasteiger partial charge in [-0.1, -0.05) is 23.7 Å². The second kappa shape index (κ2) is 13.3. The Morgan fingerprint density at radius 1 is 1.20 bits per heavy atom. The number of carbonyl (C=O) groups excluding carboxylic acids is 1. The van der Waals surface area contributed by atoms with Crippen molar-refractivity contribution in [2.45, 2.75) is 24.9 Å². The number of alkyl halides is 1. The molecule has 0 saturated carbocycles. The van der Waals surface area contributed by atoms with E-state index in [-0.39, 0.29) is 48.8 Å². The number of fused-ring (bicyclic) bond motifs is 2. The van der Waals surface area contributed by atoms with Gasteiger partial charge in [0.15, 0.2) is 5.82 Å². The standard InChI is InChI=1S/C32H31ClF2N8O2/c1-36-15-22-18-42(12-13-43(22)26(44)9-4-10-34)31-24-17-38-29(23-16-37-14-20-6-3-8-25(33)27(20)23)28(35)30(24)39-32(40-31)45-19-21-7-5-11-41(21)2/h3-4,6,8-9,14,16-17,21-22H,5,7,10-13,15,18-19H2,2H3/b9-4+/t21-,22-/m0/s1. The van der Waals surface area contributed by atoms with Crippen LogP contribution in [0.1, 0.15) is 12.8 Å². The lowest BCUT2D eigenvalue weighted by Crippen LogP contribution is -2.56. The number of halogens is 3. The first-order valence-electron chi connectivity index (χ1n) is 14.7. The van der Waals surface area contributed by atoms with E-state index in [1.807, 2.05) is 18.0 Å². The molecule has 0 unspecified atom stereocenters. The van der Waals surface area contributed by atoms with Gasteiger partial charge in [-0.2, -0.15) is 9.97 Å². The number of hydrogen-bond donors (Lipinski definition) is 0. The van der Waals surface area contributed by atoms with E-state index in [4.69, 9.17) is 27.9 Å². The summed E-state index contributed by atoms with van der Waals surface area (Å²) in [6, 6.07) is 5.10. The summed E-state index contributed by atoms with van der Waals surface area (Å²) >= 11 is 6.55. The molecule has 0 aliphatic carbocycles. The van der Waals surface area contributed by atoms with Crippen LogP contribution in [0.3, 0.4) is 0 Å². The van der Waals surface area contributed by atoms with Crippen molar-refractivity contribution in [1.82, 2.24) is 29.7 Å². The number of carbonyl (C=O) groups is 1. The molecule has 1 aromatic carbocycles. The van der Waals surface area contributed by atoms with Gasteiger partial charge in [0.25, 0.3) is 0 Å². The van der Waals surface area contributed by atoms with E-state index in [2.05, 4.69) is 24.7 Å². The fraction of sp³-hybridized carbons (Fsp3) is 0.375. The number of allylic oxidation sites excluding steroid dienone is 1. The predicted molar refractivity (Wildman–Crippen MR) is 168 cm³/mol. The topological polar surface area (TPSA) is 91.9 Å². The van der Waals surface area contributed by atoms with Gasteiger partial charge in [0.05, 0.1) is 5.39 Å². The Labute approximate surface area is 264 Å². The quantitative estimate of drug-likeness (QED) is 0.199. The molecule has 0 N–H and O–H groups in total. The number of ether oxygens (including phenoxy) is 1. The number of likely N-dealkylation sites (tertiary alicyclic amines) is 1. The number of anilines is 1. The third kappa shape index (κ3) is 6.10. The fourth-order valence-corrected chi connectivity index (χ4v) is 6.37. The molecule has 2 fully saturated rings. The molecule has 13 heteroatoms. The third-order valence-corrected chi connectivity index (χ3v) is 8.74. The summed E-state index contributed by atoms with van der Waals surface area (Å²) in [7, 11) is 2.04. The van der Waals surface area contributed by atoms with Crippen molar-refractivity contribution in [2.24, 2.45) is 0 Å². The zero-order chi connectivity index (χ0) is 31.5. The number of piperazine rings is 1. The van der Waals surface area contributed by atoms with Crippen molar-refractivity contribution in [3.05, 3.63) is 71.2 Å². The van der Waals surface area contributed by atoms with Gasteiger partial charge in [0, 0.05) is 71.7 Å². The highest BCUT2D eigenvalue weighted by Crippen LogP contribution is 2.37. The average Bonchev–Trinajstić information content (AvgIpc) is 3.47. The van der Waals surface area contributed by atoms with E-state index < -0.39 is 18.5 Å². The molecule has 45 heavy (non-hydrogen) atoms. The number of hydrogen-bond acceptors (Lipinski definition) is 8. The smallest absolute Gasteiger partial charge is 0.319 e. The van der Waals surface area contributed by atoms with Gasteiger partial charge in [0.1, 0.15) is 36.4 Å². The van der Waals surface area contributed by atoms with Gasteiger partial charge >= 0.3 is 6.01 Å². The van der Waals surface area contributed by atoms with E-state index in [9.17, 15) is 9.18 Å². The molecule has 2 aliphatic heterocycles. The van der Waals surface area contributed by atoms with Gasteiger partial charge in [-0.15, -0.1) is 0 Å². The van der Waals surface area contributed by atoms with Crippen molar-refractivity contribution in [2.75, 3.05) is 58.0 Å². The maximum Gasteiger partial charge on any atom is 0.319 e. The summed E-state index contributed by atoms with van der Waals surface area (Å²) in [5.41, 5.74) is 0.494. The Hall–Kier alpha value is -4.47. The molecule has 2 aliphatic rings. The zero-order valence-corrected chi connectivity index (χ0v) is 25.4. The molecule has 6 rings (SSSR count). The first kappa shape index (κ1) is 30.6. The number of amides is 1. The van der Waals surface area contributed by atoms with Crippen LogP contribution in [0.15, 0.2) is 48.9 Å². The average molecular weight is 633 g/mol. The van der Waals surface area contributed by atoms with Crippen LogP contribution in [-0.4, -0.2) is 101 Å². The highest BCUT2D eigenvalue weighted by Gasteiger charge is 2.34. The number of aromatic nitrogens is 4. The molecule has 2 atom stereocenters. The second-order valence-electron chi connectivity index (χ2n) is 11.2. The summed E-state index contributed by atoms with van der Waals surface area (Å²) in [5.74, 6) is -0.641. The van der Waals surface area contributed by atoms with Gasteiger partial charge in [-0.25, -0.2) is 15.4 Å². The number of rotatable bonds is 8. The summed E-state index contributed by atoms with van der Waals surface area (Å²) in [6.45, 7) is 8.91. The van der Waals surface area contributed by atoms with Gasteiger partial charge < -0.3 is 24.3 Å². The minimum atomic E-state index is -0.757. The SMILES string of the molecule is [C-]#[N+]C[C@H]1CN(c2nc(OC[C@@H]3CCCN3C)nc3c(F)c(-c4cncc5cccc(Cl)c45)ncc23)CCN1C(=O)/C=C/CF. The minimum absolute atomic E-state index is 0.0223. The van der Waals surface area contributed by atoms with Gasteiger partial charge in [-0.3, -0.25) is 14.8 Å². The fourth-order valence-electron chi connectivity index (χ4n) is 6.08. The highest BCUT2D eigenvalue weighted by molar-refractivity contribution is 6.36. The van der Waals surface area contributed by atoms with Crippen LogP contribution in [-0.2, 0) is 4.79 Å². The van der Waals surface area contributed by atoms with Crippen LogP contribution in [0, 0.1) is 12.4 Å². The number of likely N-dealkylation sites (N-methyl/N-ethyl adjacent to an activating group) is 1. The third-order valence-electron chi connectivity index (χ3n) is 8.42. The van der Waals surface area contributed by atoms with E-state index in [1.165, 1.54) is 18.5 Å². The van der Waals surface area contributed by atoms with E-state index in [1.54, 1.807) is 23.2 Å².